The maximum atomic E-state index is 13.2. The van der Waals surface area contributed by atoms with E-state index in [2.05, 4.69) is 34.5 Å². The molecule has 0 saturated carbocycles. The lowest BCUT2D eigenvalue weighted by Gasteiger charge is -2.21. The van der Waals surface area contributed by atoms with Crippen LogP contribution in [0.25, 0.3) is 11.5 Å². The second-order valence-electron chi connectivity index (χ2n) is 7.00. The van der Waals surface area contributed by atoms with Gasteiger partial charge in [-0.2, -0.15) is 0 Å². The first kappa shape index (κ1) is 17.5. The first-order chi connectivity index (χ1) is 13.2. The van der Waals surface area contributed by atoms with Crippen molar-refractivity contribution in [2.24, 2.45) is 0 Å². The zero-order valence-electron chi connectivity index (χ0n) is 15.5. The molecule has 0 radical (unpaired) electrons. The average molecular weight is 361 g/mol. The summed E-state index contributed by atoms with van der Waals surface area (Å²) in [4.78, 5) is 15.2. The number of aromatic nitrogens is 2. The number of aryl methyl sites for hydroxylation is 1. The number of carbonyl (C=O) groups is 1. The van der Waals surface area contributed by atoms with Crippen molar-refractivity contribution in [3.63, 3.8) is 0 Å². The minimum absolute atomic E-state index is 0.0372. The maximum Gasteiger partial charge on any atom is 0.254 e. The van der Waals surface area contributed by atoms with Crippen LogP contribution in [0.1, 0.15) is 47.0 Å². The van der Waals surface area contributed by atoms with Gasteiger partial charge in [0.15, 0.2) is 0 Å². The summed E-state index contributed by atoms with van der Waals surface area (Å²) in [5.41, 5.74) is 2.69. The molecule has 0 unspecified atom stereocenters. The highest BCUT2D eigenvalue weighted by molar-refractivity contribution is 6.00. The molecule has 1 aromatic heterocycles. The van der Waals surface area contributed by atoms with Gasteiger partial charge >= 0.3 is 0 Å². The van der Waals surface area contributed by atoms with E-state index in [0.717, 1.165) is 32.4 Å². The number of rotatable bonds is 3. The van der Waals surface area contributed by atoms with Crippen LogP contribution in [0.2, 0.25) is 0 Å². The molecule has 1 aliphatic rings. The minimum atomic E-state index is 0.0372. The van der Waals surface area contributed by atoms with Gasteiger partial charge in [-0.05, 0) is 42.9 Å². The third-order valence-corrected chi connectivity index (χ3v) is 5.20. The van der Waals surface area contributed by atoms with E-state index in [1.54, 1.807) is 6.92 Å². The molecule has 2 heterocycles. The molecule has 3 aromatic rings. The van der Waals surface area contributed by atoms with Gasteiger partial charge in [0.05, 0.1) is 11.1 Å². The lowest BCUT2D eigenvalue weighted by Crippen LogP contribution is -2.32. The second kappa shape index (κ2) is 7.74. The van der Waals surface area contributed by atoms with Crippen LogP contribution in [0.4, 0.5) is 0 Å². The van der Waals surface area contributed by atoms with Crippen molar-refractivity contribution in [1.82, 2.24) is 15.1 Å². The molecule has 1 atom stereocenters. The Balaban J connectivity index is 1.54. The summed E-state index contributed by atoms with van der Waals surface area (Å²) in [6, 6.07) is 18.1. The van der Waals surface area contributed by atoms with Crippen molar-refractivity contribution >= 4 is 5.91 Å². The number of hydrogen-bond donors (Lipinski definition) is 0. The Labute approximate surface area is 159 Å². The van der Waals surface area contributed by atoms with Crippen molar-refractivity contribution in [3.05, 3.63) is 71.6 Å². The molecule has 1 fully saturated rings. The van der Waals surface area contributed by atoms with Gasteiger partial charge in [-0.3, -0.25) is 4.79 Å². The van der Waals surface area contributed by atoms with Gasteiger partial charge in [-0.25, -0.2) is 0 Å². The normalized spacial score (nSPS) is 17.5. The SMILES string of the molecule is Cc1nnc(-c2ccccc2C(=O)N2CCC[C@H](c3ccccc3)CC2)o1. The van der Waals surface area contributed by atoms with E-state index in [-0.39, 0.29) is 5.91 Å². The molecular formula is C22H23N3O2. The molecule has 0 aliphatic carbocycles. The van der Waals surface area contributed by atoms with Crippen molar-refractivity contribution in [1.29, 1.82) is 0 Å². The highest BCUT2D eigenvalue weighted by Gasteiger charge is 2.25. The van der Waals surface area contributed by atoms with Crippen LogP contribution in [0.3, 0.4) is 0 Å². The predicted octanol–water partition coefficient (Wildman–Crippen LogP) is 4.45. The molecule has 0 N–H and O–H groups in total. The van der Waals surface area contributed by atoms with E-state index >= 15 is 0 Å². The lowest BCUT2D eigenvalue weighted by molar-refractivity contribution is 0.0761. The number of likely N-dealkylation sites (tertiary alicyclic amines) is 1. The zero-order valence-corrected chi connectivity index (χ0v) is 15.5. The number of amides is 1. The van der Waals surface area contributed by atoms with E-state index in [1.165, 1.54) is 5.56 Å². The van der Waals surface area contributed by atoms with Crippen LogP contribution >= 0.6 is 0 Å². The standard InChI is InChI=1S/C22H23N3O2/c1-16-23-24-21(27-16)19-11-5-6-12-20(19)22(26)25-14-7-10-18(13-15-25)17-8-3-2-4-9-17/h2-6,8-9,11-12,18H,7,10,13-15H2,1H3/t18-/m0/s1. The Morgan fingerprint density at radius 3 is 2.56 bits per heavy atom. The van der Waals surface area contributed by atoms with Gasteiger partial charge in [0.1, 0.15) is 0 Å². The third-order valence-electron chi connectivity index (χ3n) is 5.20. The van der Waals surface area contributed by atoms with Crippen LogP contribution in [-0.4, -0.2) is 34.1 Å². The molecule has 4 rings (SSSR count). The zero-order chi connectivity index (χ0) is 18.6. The van der Waals surface area contributed by atoms with Crippen LogP contribution < -0.4 is 0 Å². The van der Waals surface area contributed by atoms with Crippen LogP contribution in [0.15, 0.2) is 59.0 Å². The molecule has 1 amide bonds. The molecule has 138 valence electrons. The van der Waals surface area contributed by atoms with Gasteiger partial charge in [0.25, 0.3) is 5.91 Å². The quantitative estimate of drug-likeness (QED) is 0.691. The monoisotopic (exact) mass is 361 g/mol. The Kier molecular flexibility index (Phi) is 5.01. The Morgan fingerprint density at radius 1 is 1.00 bits per heavy atom. The first-order valence-corrected chi connectivity index (χ1v) is 9.46. The second-order valence-corrected chi connectivity index (χ2v) is 7.00. The molecule has 0 bridgehead atoms. The predicted molar refractivity (Wildman–Crippen MR) is 103 cm³/mol. The number of benzene rings is 2. The fourth-order valence-electron chi connectivity index (χ4n) is 3.79. The van der Waals surface area contributed by atoms with Crippen molar-refractivity contribution in [3.8, 4) is 11.5 Å². The van der Waals surface area contributed by atoms with Crippen molar-refractivity contribution < 1.29 is 9.21 Å². The van der Waals surface area contributed by atoms with Gasteiger partial charge in [-0.15, -0.1) is 10.2 Å². The molecule has 5 nitrogen and oxygen atoms in total. The Hall–Kier alpha value is -2.95. The van der Waals surface area contributed by atoms with Crippen LogP contribution in [0, 0.1) is 6.92 Å². The van der Waals surface area contributed by atoms with E-state index in [1.807, 2.05) is 35.2 Å². The number of carbonyl (C=O) groups excluding carboxylic acids is 1. The van der Waals surface area contributed by atoms with E-state index < -0.39 is 0 Å². The number of hydrogen-bond acceptors (Lipinski definition) is 4. The summed E-state index contributed by atoms with van der Waals surface area (Å²) >= 11 is 0. The fraction of sp³-hybridized carbons (Fsp3) is 0.318. The smallest absolute Gasteiger partial charge is 0.254 e. The van der Waals surface area contributed by atoms with Crippen LogP contribution in [-0.2, 0) is 0 Å². The maximum absolute atomic E-state index is 13.2. The van der Waals surface area contributed by atoms with Gasteiger partial charge in [0, 0.05) is 20.0 Å². The summed E-state index contributed by atoms with van der Waals surface area (Å²) in [6.07, 6.45) is 3.10. The van der Waals surface area contributed by atoms with E-state index in [9.17, 15) is 4.79 Å². The fourth-order valence-corrected chi connectivity index (χ4v) is 3.79. The summed E-state index contributed by atoms with van der Waals surface area (Å²) in [5.74, 6) is 1.44. The summed E-state index contributed by atoms with van der Waals surface area (Å²) in [7, 11) is 0. The highest BCUT2D eigenvalue weighted by atomic mass is 16.4. The highest BCUT2D eigenvalue weighted by Crippen LogP contribution is 2.30. The van der Waals surface area contributed by atoms with Gasteiger partial charge in [0.2, 0.25) is 11.8 Å². The number of nitrogens with zero attached hydrogens (tertiary/aromatic N) is 3. The van der Waals surface area contributed by atoms with Gasteiger partial charge in [-0.1, -0.05) is 42.5 Å². The summed E-state index contributed by atoms with van der Waals surface area (Å²) in [6.45, 7) is 3.29. The van der Waals surface area contributed by atoms with Gasteiger partial charge < -0.3 is 9.32 Å². The molecule has 27 heavy (non-hydrogen) atoms. The Bertz CT molecular complexity index is 920. The van der Waals surface area contributed by atoms with Crippen LogP contribution in [0.5, 0.6) is 0 Å². The molecule has 5 heteroatoms. The minimum Gasteiger partial charge on any atom is -0.421 e. The average Bonchev–Trinajstić information content (AvgIpc) is 3.00. The summed E-state index contributed by atoms with van der Waals surface area (Å²) in [5, 5.41) is 7.98. The molecule has 2 aromatic carbocycles. The lowest BCUT2D eigenvalue weighted by atomic mass is 9.92. The van der Waals surface area contributed by atoms with Crippen molar-refractivity contribution in [2.45, 2.75) is 32.1 Å². The molecule has 1 saturated heterocycles. The Morgan fingerprint density at radius 2 is 1.78 bits per heavy atom. The topological polar surface area (TPSA) is 59.2 Å². The molecule has 1 aliphatic heterocycles. The third kappa shape index (κ3) is 3.77. The summed E-state index contributed by atoms with van der Waals surface area (Å²) < 4.78 is 5.55. The van der Waals surface area contributed by atoms with E-state index in [4.69, 9.17) is 4.42 Å². The molecule has 0 spiro atoms. The molecular weight excluding hydrogens is 338 g/mol. The van der Waals surface area contributed by atoms with E-state index in [0.29, 0.717) is 28.8 Å². The van der Waals surface area contributed by atoms with Crippen molar-refractivity contribution in [2.75, 3.05) is 13.1 Å². The first-order valence-electron chi connectivity index (χ1n) is 9.46. The largest absolute Gasteiger partial charge is 0.421 e.